The Hall–Kier alpha value is -0.450. The summed E-state index contributed by atoms with van der Waals surface area (Å²) in [5, 5.41) is 0. The molecule has 0 spiro atoms. The molecule has 0 saturated heterocycles. The number of thiazole rings is 1. The molecule has 2 N–H and O–H groups in total. The van der Waals surface area contributed by atoms with Gasteiger partial charge in [0.2, 0.25) is 0 Å². The molecule has 1 aliphatic rings. The Bertz CT molecular complexity index is 368. The maximum Gasteiger partial charge on any atom is 0.0798 e. The zero-order chi connectivity index (χ0) is 12.5. The van der Waals surface area contributed by atoms with Crippen molar-refractivity contribution in [2.45, 2.75) is 39.2 Å². The Kier molecular flexibility index (Phi) is 3.85. The highest BCUT2D eigenvalue weighted by atomic mass is 32.1. The predicted octanol–water partition coefficient (Wildman–Crippen LogP) is 2.44. The minimum Gasteiger partial charge on any atom is -0.330 e. The largest absolute Gasteiger partial charge is 0.330 e. The summed E-state index contributed by atoms with van der Waals surface area (Å²) in [5.74, 6) is 0.757. The van der Waals surface area contributed by atoms with Crippen LogP contribution in [0.4, 0.5) is 0 Å². The minimum atomic E-state index is 0.194. The monoisotopic (exact) mass is 253 g/mol. The van der Waals surface area contributed by atoms with Gasteiger partial charge in [-0.1, -0.05) is 13.8 Å². The molecular formula is C13H23N3S. The second kappa shape index (κ2) is 5.04. The SMILES string of the molecule is CN(Cc1scnc1C1CC1)CC(C)(C)CN. The summed E-state index contributed by atoms with van der Waals surface area (Å²) in [6.07, 6.45) is 2.66. The second-order valence-electron chi connectivity index (χ2n) is 5.98. The van der Waals surface area contributed by atoms with E-state index in [0.717, 1.165) is 25.6 Å². The third-order valence-electron chi connectivity index (χ3n) is 3.30. The average molecular weight is 253 g/mol. The van der Waals surface area contributed by atoms with E-state index in [1.54, 1.807) is 11.3 Å². The quantitative estimate of drug-likeness (QED) is 0.846. The Morgan fingerprint density at radius 3 is 2.82 bits per heavy atom. The van der Waals surface area contributed by atoms with Crippen LogP contribution in [0.25, 0.3) is 0 Å². The molecule has 1 aromatic heterocycles. The lowest BCUT2D eigenvalue weighted by atomic mass is 9.93. The van der Waals surface area contributed by atoms with Crippen LogP contribution >= 0.6 is 11.3 Å². The van der Waals surface area contributed by atoms with Crippen LogP contribution in [0.15, 0.2) is 5.51 Å². The van der Waals surface area contributed by atoms with Crippen molar-refractivity contribution in [2.75, 3.05) is 20.1 Å². The van der Waals surface area contributed by atoms with Crippen LogP contribution in [0.1, 0.15) is 43.2 Å². The number of nitrogens with two attached hydrogens (primary N) is 1. The van der Waals surface area contributed by atoms with Crippen molar-refractivity contribution >= 4 is 11.3 Å². The highest BCUT2D eigenvalue weighted by Gasteiger charge is 2.29. The van der Waals surface area contributed by atoms with Gasteiger partial charge in [0.1, 0.15) is 0 Å². The van der Waals surface area contributed by atoms with Crippen molar-refractivity contribution in [1.29, 1.82) is 0 Å². The molecular weight excluding hydrogens is 230 g/mol. The summed E-state index contributed by atoms with van der Waals surface area (Å²) in [6.45, 7) is 7.22. The topological polar surface area (TPSA) is 42.2 Å². The van der Waals surface area contributed by atoms with Crippen LogP contribution in [0, 0.1) is 5.41 Å². The van der Waals surface area contributed by atoms with Gasteiger partial charge in [-0.05, 0) is 31.8 Å². The molecule has 3 nitrogen and oxygen atoms in total. The maximum atomic E-state index is 5.78. The Labute approximate surface area is 108 Å². The summed E-state index contributed by atoms with van der Waals surface area (Å²) in [5.41, 5.74) is 9.32. The van der Waals surface area contributed by atoms with Crippen LogP contribution in [0.5, 0.6) is 0 Å². The first-order valence-corrected chi connectivity index (χ1v) is 7.21. The molecule has 0 radical (unpaired) electrons. The van der Waals surface area contributed by atoms with Crippen molar-refractivity contribution in [3.63, 3.8) is 0 Å². The van der Waals surface area contributed by atoms with Gasteiger partial charge >= 0.3 is 0 Å². The molecule has 1 heterocycles. The molecule has 1 aromatic rings. The lowest BCUT2D eigenvalue weighted by Crippen LogP contribution is -2.36. The number of rotatable bonds is 6. The Morgan fingerprint density at radius 1 is 1.53 bits per heavy atom. The molecule has 1 aliphatic carbocycles. The van der Waals surface area contributed by atoms with E-state index >= 15 is 0 Å². The predicted molar refractivity (Wildman–Crippen MR) is 73.3 cm³/mol. The number of hydrogen-bond donors (Lipinski definition) is 1. The van der Waals surface area contributed by atoms with Crippen molar-refractivity contribution < 1.29 is 0 Å². The minimum absolute atomic E-state index is 0.194. The Balaban J connectivity index is 1.93. The van der Waals surface area contributed by atoms with Gasteiger partial charge in [0.15, 0.2) is 0 Å². The maximum absolute atomic E-state index is 5.78. The molecule has 0 amide bonds. The standard InChI is InChI=1S/C13H23N3S/c1-13(2,7-14)8-16(3)6-11-12(10-4-5-10)15-9-17-11/h9-10H,4-8,14H2,1-3H3. The fraction of sp³-hybridized carbons (Fsp3) is 0.769. The fourth-order valence-electron chi connectivity index (χ4n) is 2.18. The van der Waals surface area contributed by atoms with Crippen molar-refractivity contribution in [3.05, 3.63) is 16.1 Å². The van der Waals surface area contributed by atoms with E-state index in [2.05, 4.69) is 30.8 Å². The molecule has 4 heteroatoms. The number of nitrogens with zero attached hydrogens (tertiary/aromatic N) is 2. The lowest BCUT2D eigenvalue weighted by Gasteiger charge is -2.28. The second-order valence-corrected chi connectivity index (χ2v) is 6.91. The van der Waals surface area contributed by atoms with Crippen LogP contribution in [-0.4, -0.2) is 30.0 Å². The van der Waals surface area contributed by atoms with Gasteiger partial charge in [-0.2, -0.15) is 0 Å². The highest BCUT2D eigenvalue weighted by molar-refractivity contribution is 7.09. The van der Waals surface area contributed by atoms with E-state index in [9.17, 15) is 0 Å². The molecule has 2 rings (SSSR count). The number of hydrogen-bond acceptors (Lipinski definition) is 4. The van der Waals surface area contributed by atoms with Gasteiger partial charge in [0.05, 0.1) is 11.2 Å². The van der Waals surface area contributed by atoms with Crippen LogP contribution in [0.3, 0.4) is 0 Å². The molecule has 0 aromatic carbocycles. The summed E-state index contributed by atoms with van der Waals surface area (Å²) in [4.78, 5) is 8.33. The van der Waals surface area contributed by atoms with Gasteiger partial charge in [-0.15, -0.1) is 11.3 Å². The van der Waals surface area contributed by atoms with Crippen LogP contribution < -0.4 is 5.73 Å². The van der Waals surface area contributed by atoms with Crippen molar-refractivity contribution in [1.82, 2.24) is 9.88 Å². The summed E-state index contributed by atoms with van der Waals surface area (Å²) in [7, 11) is 2.17. The molecule has 1 saturated carbocycles. The van der Waals surface area contributed by atoms with Crippen molar-refractivity contribution in [2.24, 2.45) is 11.1 Å². The molecule has 0 bridgehead atoms. The molecule has 0 atom stereocenters. The van der Waals surface area contributed by atoms with Gasteiger partial charge in [-0.25, -0.2) is 4.98 Å². The van der Waals surface area contributed by atoms with Gasteiger partial charge < -0.3 is 10.6 Å². The first kappa shape index (κ1) is 13.0. The van der Waals surface area contributed by atoms with E-state index in [0.29, 0.717) is 0 Å². The summed E-state index contributed by atoms with van der Waals surface area (Å²) in [6, 6.07) is 0. The first-order valence-electron chi connectivity index (χ1n) is 6.33. The smallest absolute Gasteiger partial charge is 0.0798 e. The van der Waals surface area contributed by atoms with E-state index in [1.807, 2.05) is 5.51 Å². The third kappa shape index (κ3) is 3.50. The summed E-state index contributed by atoms with van der Waals surface area (Å²) < 4.78 is 0. The first-order chi connectivity index (χ1) is 8.02. The van der Waals surface area contributed by atoms with Crippen LogP contribution in [-0.2, 0) is 6.54 Å². The summed E-state index contributed by atoms with van der Waals surface area (Å²) >= 11 is 1.80. The molecule has 0 aliphatic heterocycles. The molecule has 1 fully saturated rings. The van der Waals surface area contributed by atoms with Crippen molar-refractivity contribution in [3.8, 4) is 0 Å². The van der Waals surface area contributed by atoms with Gasteiger partial charge in [0, 0.05) is 23.9 Å². The molecule has 17 heavy (non-hydrogen) atoms. The van der Waals surface area contributed by atoms with E-state index < -0.39 is 0 Å². The normalized spacial score (nSPS) is 16.8. The van der Waals surface area contributed by atoms with E-state index in [4.69, 9.17) is 5.73 Å². The van der Waals surface area contributed by atoms with Crippen LogP contribution in [0.2, 0.25) is 0 Å². The zero-order valence-corrected chi connectivity index (χ0v) is 11.9. The lowest BCUT2D eigenvalue weighted by molar-refractivity contribution is 0.210. The van der Waals surface area contributed by atoms with Gasteiger partial charge in [0.25, 0.3) is 0 Å². The third-order valence-corrected chi connectivity index (χ3v) is 4.13. The van der Waals surface area contributed by atoms with E-state index in [-0.39, 0.29) is 5.41 Å². The van der Waals surface area contributed by atoms with E-state index in [1.165, 1.54) is 23.4 Å². The average Bonchev–Trinajstić information content (AvgIpc) is 3.00. The van der Waals surface area contributed by atoms with Gasteiger partial charge in [-0.3, -0.25) is 0 Å². The molecule has 96 valence electrons. The Morgan fingerprint density at radius 2 is 2.24 bits per heavy atom. The molecule has 0 unspecified atom stereocenters. The zero-order valence-electron chi connectivity index (χ0n) is 11.1. The number of aromatic nitrogens is 1. The fourth-order valence-corrected chi connectivity index (χ4v) is 3.11. The highest BCUT2D eigenvalue weighted by Crippen LogP contribution is 2.42.